The minimum Gasteiger partial charge on any atom is -0.464 e. The Balaban J connectivity index is 1.53. The van der Waals surface area contributed by atoms with E-state index in [2.05, 4.69) is 5.09 Å². The fraction of sp³-hybridized carbons (Fsp3) is 0.421. The van der Waals surface area contributed by atoms with Crippen LogP contribution >= 0.6 is 7.75 Å². The molecule has 1 aromatic carbocycles. The summed E-state index contributed by atoms with van der Waals surface area (Å²) in [5.41, 5.74) is -1.98. The zero-order valence-electron chi connectivity index (χ0n) is 17.3. The van der Waals surface area contributed by atoms with Crippen molar-refractivity contribution in [2.24, 2.45) is 0 Å². The summed E-state index contributed by atoms with van der Waals surface area (Å²) >= 11 is 0. The largest absolute Gasteiger partial charge is 0.464 e. The third-order valence-corrected chi connectivity index (χ3v) is 6.68. The number of para-hydroxylation sites is 1. The van der Waals surface area contributed by atoms with E-state index in [0.29, 0.717) is 4.57 Å². The van der Waals surface area contributed by atoms with Crippen LogP contribution < -0.4 is 20.9 Å². The molecule has 3 N–H and O–H groups in total. The Bertz CT molecular complexity index is 1210. The molecule has 0 radical (unpaired) electrons. The van der Waals surface area contributed by atoms with Crippen LogP contribution in [0.5, 0.6) is 5.75 Å². The minimum absolute atomic E-state index is 0.0775. The van der Waals surface area contributed by atoms with Crippen LogP contribution in [0, 0.1) is 0 Å². The summed E-state index contributed by atoms with van der Waals surface area (Å²) in [6, 6.07) is 7.56. The molecule has 1 aromatic heterocycles. The Morgan fingerprint density at radius 2 is 1.97 bits per heavy atom. The Morgan fingerprint density at radius 3 is 2.62 bits per heavy atom. The number of alkyl halides is 2. The van der Waals surface area contributed by atoms with E-state index in [1.807, 2.05) is 4.98 Å². The lowest BCUT2D eigenvalue weighted by molar-refractivity contribution is -0.141. The number of hydrogen-bond donors (Lipinski definition) is 3. The molecule has 2 aromatic rings. The zero-order valence-corrected chi connectivity index (χ0v) is 18.2. The molecule has 15 heteroatoms. The van der Waals surface area contributed by atoms with Gasteiger partial charge in [0.25, 0.3) is 5.56 Å². The van der Waals surface area contributed by atoms with Crippen LogP contribution in [0.2, 0.25) is 0 Å². The first-order chi connectivity index (χ1) is 16.1. The molecule has 12 nitrogen and oxygen atoms in total. The highest BCUT2D eigenvalue weighted by Gasteiger charge is 2.60. The van der Waals surface area contributed by atoms with Gasteiger partial charge in [0.05, 0.1) is 13.2 Å². The number of hydrogen-bond acceptors (Lipinski definition) is 9. The topological polar surface area (TPSA) is 158 Å². The van der Waals surface area contributed by atoms with Crippen molar-refractivity contribution in [3.05, 3.63) is 63.4 Å². The predicted molar refractivity (Wildman–Crippen MR) is 109 cm³/mol. The van der Waals surface area contributed by atoms with Crippen LogP contribution in [-0.4, -0.2) is 58.0 Å². The van der Waals surface area contributed by atoms with Gasteiger partial charge < -0.3 is 19.1 Å². The third-order valence-electron chi connectivity index (χ3n) is 5.11. The molecule has 0 saturated carbocycles. The number of aliphatic hydroxyl groups excluding tert-OH is 1. The molecule has 0 bridgehead atoms. The van der Waals surface area contributed by atoms with E-state index in [4.69, 9.17) is 18.5 Å². The van der Waals surface area contributed by atoms with Crippen LogP contribution in [0.4, 0.5) is 8.78 Å². The van der Waals surface area contributed by atoms with Crippen LogP contribution in [0.1, 0.15) is 12.6 Å². The van der Waals surface area contributed by atoms with Crippen LogP contribution in [0.3, 0.4) is 0 Å². The van der Waals surface area contributed by atoms with Gasteiger partial charge in [-0.3, -0.25) is 23.7 Å². The lowest BCUT2D eigenvalue weighted by atomic mass is 10.1. The summed E-state index contributed by atoms with van der Waals surface area (Å²) in [6.07, 6.45) is -5.51. The number of esters is 1. The first-order valence-corrected chi connectivity index (χ1v) is 11.6. The Labute approximate surface area is 190 Å². The van der Waals surface area contributed by atoms with E-state index in [1.54, 1.807) is 18.2 Å². The van der Waals surface area contributed by atoms with Gasteiger partial charge in [-0.25, -0.2) is 9.36 Å². The molecule has 3 unspecified atom stereocenters. The number of carbonyl (C=O) groups excluding carboxylic acids is 1. The second-order valence-electron chi connectivity index (χ2n) is 7.50. The van der Waals surface area contributed by atoms with Gasteiger partial charge in [0.15, 0.2) is 6.10 Å². The number of halogens is 2. The molecule has 4 rings (SSSR count). The molecule has 184 valence electrons. The SMILES string of the molecule is O=C1OCCC1NP(=O)(OCC1O[C@@H](n2ccc(=O)[nH]c2=O)C(F)(F)[C@@H]1O)Oc1ccccc1. The number of aromatic amines is 1. The van der Waals surface area contributed by atoms with E-state index in [-0.39, 0.29) is 18.8 Å². The molecule has 2 aliphatic heterocycles. The van der Waals surface area contributed by atoms with E-state index in [0.717, 1.165) is 12.3 Å². The molecule has 2 aliphatic rings. The fourth-order valence-corrected chi connectivity index (χ4v) is 4.94. The molecule has 34 heavy (non-hydrogen) atoms. The number of ether oxygens (including phenoxy) is 2. The molecule has 0 spiro atoms. The van der Waals surface area contributed by atoms with Gasteiger partial charge in [0, 0.05) is 18.7 Å². The summed E-state index contributed by atoms with van der Waals surface area (Å²) in [4.78, 5) is 36.8. The zero-order chi connectivity index (χ0) is 24.5. The molecule has 5 atom stereocenters. The van der Waals surface area contributed by atoms with Gasteiger partial charge in [0.1, 0.15) is 17.9 Å². The van der Waals surface area contributed by atoms with E-state index < -0.39 is 62.0 Å². The number of rotatable bonds is 8. The van der Waals surface area contributed by atoms with Crippen molar-refractivity contribution >= 4 is 13.7 Å². The number of aliphatic hydroxyl groups is 1. The molecule has 0 aliphatic carbocycles. The molecule has 2 saturated heterocycles. The number of aromatic nitrogens is 2. The summed E-state index contributed by atoms with van der Waals surface area (Å²) in [7, 11) is -4.36. The maximum atomic E-state index is 14.7. The Morgan fingerprint density at radius 1 is 1.24 bits per heavy atom. The maximum Gasteiger partial charge on any atom is 0.459 e. The van der Waals surface area contributed by atoms with Crippen molar-refractivity contribution in [1.82, 2.24) is 14.6 Å². The standard InChI is InChI=1S/C19H20F2N3O9P/c20-19(21)15(26)13(32-17(19)24-8-6-14(25)22-18(24)28)10-31-34(29,23-12-7-9-30-16(12)27)33-11-4-2-1-3-5-11/h1-6,8,12-13,15,17,26H,7,9-10H2,(H,23,29)(H,22,25,28)/t12?,13?,15-,17-,34?/m1/s1. The number of nitrogens with zero attached hydrogens (tertiary/aromatic N) is 1. The smallest absolute Gasteiger partial charge is 0.459 e. The van der Waals surface area contributed by atoms with Crippen LogP contribution in [0.25, 0.3) is 0 Å². The lowest BCUT2D eigenvalue weighted by Gasteiger charge is -2.23. The third kappa shape index (κ3) is 4.95. The average molecular weight is 503 g/mol. The monoisotopic (exact) mass is 503 g/mol. The van der Waals surface area contributed by atoms with Crippen molar-refractivity contribution in [2.75, 3.05) is 13.2 Å². The van der Waals surface area contributed by atoms with Gasteiger partial charge in [-0.05, 0) is 12.1 Å². The second-order valence-corrected chi connectivity index (χ2v) is 9.19. The number of carbonyl (C=O) groups is 1. The van der Waals surface area contributed by atoms with Crippen molar-refractivity contribution in [1.29, 1.82) is 0 Å². The number of benzene rings is 1. The minimum atomic E-state index is -4.36. The molecule has 3 heterocycles. The molecule has 2 fully saturated rings. The van der Waals surface area contributed by atoms with Gasteiger partial charge in [-0.2, -0.15) is 13.9 Å². The van der Waals surface area contributed by atoms with E-state index >= 15 is 0 Å². The predicted octanol–water partition coefficient (Wildman–Crippen LogP) is 0.539. The van der Waals surface area contributed by atoms with Crippen LogP contribution in [0.15, 0.2) is 52.2 Å². The normalized spacial score (nSPS) is 27.8. The van der Waals surface area contributed by atoms with Crippen LogP contribution in [-0.2, 0) is 23.4 Å². The summed E-state index contributed by atoms with van der Waals surface area (Å²) < 4.78 is 63.8. The molecule has 0 amide bonds. The first kappa shape index (κ1) is 24.2. The second kappa shape index (κ2) is 9.39. The van der Waals surface area contributed by atoms with Crippen molar-refractivity contribution in [3.8, 4) is 5.75 Å². The van der Waals surface area contributed by atoms with E-state index in [9.17, 15) is 32.8 Å². The fourth-order valence-electron chi connectivity index (χ4n) is 3.40. The quantitative estimate of drug-likeness (QED) is 0.343. The summed E-state index contributed by atoms with van der Waals surface area (Å²) in [5.74, 6) is -4.56. The highest BCUT2D eigenvalue weighted by molar-refractivity contribution is 7.52. The Hall–Kier alpha value is -2.90. The van der Waals surface area contributed by atoms with Crippen molar-refractivity contribution < 1.29 is 41.8 Å². The van der Waals surface area contributed by atoms with Crippen molar-refractivity contribution in [2.45, 2.75) is 36.8 Å². The van der Waals surface area contributed by atoms with Crippen molar-refractivity contribution in [3.63, 3.8) is 0 Å². The van der Waals surface area contributed by atoms with Gasteiger partial charge in [-0.1, -0.05) is 18.2 Å². The number of nitrogens with one attached hydrogen (secondary N) is 2. The van der Waals surface area contributed by atoms with Gasteiger partial charge >= 0.3 is 25.3 Å². The van der Waals surface area contributed by atoms with Gasteiger partial charge in [0.2, 0.25) is 6.23 Å². The van der Waals surface area contributed by atoms with Gasteiger partial charge in [-0.15, -0.1) is 0 Å². The number of H-pyrrole nitrogens is 1. The van der Waals surface area contributed by atoms with E-state index in [1.165, 1.54) is 12.1 Å². The number of cyclic esters (lactones) is 1. The maximum absolute atomic E-state index is 14.7. The average Bonchev–Trinajstić information content (AvgIpc) is 3.28. The summed E-state index contributed by atoms with van der Waals surface area (Å²) in [5, 5.41) is 12.6. The first-order valence-electron chi connectivity index (χ1n) is 10.1. The molecular weight excluding hydrogens is 483 g/mol. The molecular formula is C19H20F2N3O9P. The summed E-state index contributed by atoms with van der Waals surface area (Å²) in [6.45, 7) is -0.779. The lowest BCUT2D eigenvalue weighted by Crippen LogP contribution is -2.42. The highest BCUT2D eigenvalue weighted by Crippen LogP contribution is 2.48. The Kier molecular flexibility index (Phi) is 6.69. The highest BCUT2D eigenvalue weighted by atomic mass is 31.2.